The number of hydrogen-bond acceptors (Lipinski definition) is 4. The van der Waals surface area contributed by atoms with Crippen molar-refractivity contribution in [3.8, 4) is 0 Å². The maximum absolute atomic E-state index is 11.9. The second-order valence-corrected chi connectivity index (χ2v) is 7.21. The molecule has 0 fully saturated rings. The van der Waals surface area contributed by atoms with Gasteiger partial charge >= 0.3 is 0 Å². The van der Waals surface area contributed by atoms with Crippen molar-refractivity contribution in [3.63, 3.8) is 0 Å². The maximum atomic E-state index is 11.9. The first-order valence-electron chi connectivity index (χ1n) is 7.52. The van der Waals surface area contributed by atoms with Gasteiger partial charge in [-0.1, -0.05) is 41.0 Å². The summed E-state index contributed by atoms with van der Waals surface area (Å²) >= 11 is 13.3. The first-order chi connectivity index (χ1) is 11.4. The van der Waals surface area contributed by atoms with Crippen molar-refractivity contribution >= 4 is 40.9 Å². The van der Waals surface area contributed by atoms with E-state index in [-0.39, 0.29) is 11.7 Å². The normalized spacial score (nSPS) is 10.7. The molecule has 0 radical (unpaired) electrons. The van der Waals surface area contributed by atoms with Crippen LogP contribution in [0.4, 0.5) is 0 Å². The van der Waals surface area contributed by atoms with Gasteiger partial charge in [-0.05, 0) is 50.5 Å². The highest BCUT2D eigenvalue weighted by atomic mass is 35.5. The molecule has 0 aliphatic heterocycles. The van der Waals surface area contributed by atoms with E-state index in [1.807, 2.05) is 26.8 Å². The minimum Gasteiger partial charge on any atom is -0.355 e. The minimum atomic E-state index is -0.0513. The molecule has 0 spiro atoms. The Morgan fingerprint density at radius 1 is 1.17 bits per heavy atom. The SMILES string of the molecule is Cc1nc(SCC(=O)NCCc2ccc(Cl)cc2Cl)nc(C)c1C. The number of aromatic nitrogens is 2. The third-order valence-electron chi connectivity index (χ3n) is 3.68. The van der Waals surface area contributed by atoms with Crippen molar-refractivity contribution in [2.45, 2.75) is 32.3 Å². The Balaban J connectivity index is 1.79. The molecule has 0 unspecified atom stereocenters. The number of carbonyl (C=O) groups excluding carboxylic acids is 1. The fraction of sp³-hybridized carbons (Fsp3) is 0.353. The Labute approximate surface area is 156 Å². The number of hydrogen-bond donors (Lipinski definition) is 1. The number of aryl methyl sites for hydroxylation is 2. The molecule has 128 valence electrons. The van der Waals surface area contributed by atoms with E-state index >= 15 is 0 Å². The zero-order valence-corrected chi connectivity index (χ0v) is 16.1. The van der Waals surface area contributed by atoms with Crippen molar-refractivity contribution in [3.05, 3.63) is 50.8 Å². The van der Waals surface area contributed by atoms with Crippen LogP contribution in [0.15, 0.2) is 23.4 Å². The first kappa shape index (κ1) is 19.0. The molecule has 0 aliphatic carbocycles. The number of halogens is 2. The summed E-state index contributed by atoms with van der Waals surface area (Å²) in [4.78, 5) is 20.7. The van der Waals surface area contributed by atoms with Crippen LogP contribution in [-0.2, 0) is 11.2 Å². The average Bonchev–Trinajstić information content (AvgIpc) is 2.52. The lowest BCUT2D eigenvalue weighted by molar-refractivity contribution is -0.118. The number of benzene rings is 1. The van der Waals surface area contributed by atoms with E-state index in [9.17, 15) is 4.79 Å². The van der Waals surface area contributed by atoms with Gasteiger partial charge in [-0.3, -0.25) is 4.79 Å². The Morgan fingerprint density at radius 2 is 1.83 bits per heavy atom. The highest BCUT2D eigenvalue weighted by Gasteiger charge is 2.08. The molecule has 1 N–H and O–H groups in total. The van der Waals surface area contributed by atoms with E-state index in [1.54, 1.807) is 12.1 Å². The summed E-state index contributed by atoms with van der Waals surface area (Å²) in [5.74, 6) is 0.237. The summed E-state index contributed by atoms with van der Waals surface area (Å²) < 4.78 is 0. The van der Waals surface area contributed by atoms with Crippen LogP contribution in [0.3, 0.4) is 0 Å². The summed E-state index contributed by atoms with van der Waals surface area (Å²) in [7, 11) is 0. The second kappa shape index (κ2) is 8.70. The van der Waals surface area contributed by atoms with Crippen LogP contribution < -0.4 is 5.32 Å². The average molecular weight is 384 g/mol. The van der Waals surface area contributed by atoms with Crippen LogP contribution in [0, 0.1) is 20.8 Å². The van der Waals surface area contributed by atoms with Crippen LogP contribution in [0.1, 0.15) is 22.5 Å². The Bertz CT molecular complexity index is 730. The number of carbonyl (C=O) groups is 1. The van der Waals surface area contributed by atoms with E-state index < -0.39 is 0 Å². The molecule has 0 atom stereocenters. The van der Waals surface area contributed by atoms with Gasteiger partial charge < -0.3 is 5.32 Å². The molecule has 1 aromatic carbocycles. The van der Waals surface area contributed by atoms with Crippen molar-refractivity contribution in [1.29, 1.82) is 0 Å². The number of amides is 1. The molecule has 0 saturated heterocycles. The Morgan fingerprint density at radius 3 is 2.46 bits per heavy atom. The summed E-state index contributed by atoms with van der Waals surface area (Å²) in [6.45, 7) is 6.41. The molecule has 24 heavy (non-hydrogen) atoms. The Hall–Kier alpha value is -1.30. The molecule has 2 aromatic rings. The van der Waals surface area contributed by atoms with Gasteiger partial charge in [0.15, 0.2) is 5.16 Å². The van der Waals surface area contributed by atoms with Gasteiger partial charge in [0.05, 0.1) is 5.75 Å². The van der Waals surface area contributed by atoms with E-state index in [0.717, 1.165) is 22.5 Å². The van der Waals surface area contributed by atoms with Gasteiger partial charge in [0.25, 0.3) is 0 Å². The summed E-state index contributed by atoms with van der Waals surface area (Å²) in [6, 6.07) is 5.37. The van der Waals surface area contributed by atoms with Crippen LogP contribution in [0.25, 0.3) is 0 Å². The molecule has 0 bridgehead atoms. The van der Waals surface area contributed by atoms with E-state index in [1.165, 1.54) is 11.8 Å². The highest BCUT2D eigenvalue weighted by Crippen LogP contribution is 2.21. The fourth-order valence-electron chi connectivity index (χ4n) is 2.05. The lowest BCUT2D eigenvalue weighted by atomic mass is 10.1. The summed E-state index contributed by atoms with van der Waals surface area (Å²) in [5, 5.41) is 4.73. The standard InChI is InChI=1S/C17H19Cl2N3OS/c1-10-11(2)21-17(22-12(10)3)24-9-16(23)20-7-6-13-4-5-14(18)8-15(13)19/h4-5,8H,6-7,9H2,1-3H3,(H,20,23). The summed E-state index contributed by atoms with van der Waals surface area (Å²) in [6.07, 6.45) is 0.658. The molecule has 2 rings (SSSR count). The van der Waals surface area contributed by atoms with Crippen molar-refractivity contribution in [2.75, 3.05) is 12.3 Å². The van der Waals surface area contributed by atoms with Crippen molar-refractivity contribution in [1.82, 2.24) is 15.3 Å². The third-order valence-corrected chi connectivity index (χ3v) is 5.11. The number of nitrogens with one attached hydrogen (secondary N) is 1. The quantitative estimate of drug-likeness (QED) is 0.600. The minimum absolute atomic E-state index is 0.0513. The number of rotatable bonds is 6. The highest BCUT2D eigenvalue weighted by molar-refractivity contribution is 7.99. The topological polar surface area (TPSA) is 54.9 Å². The van der Waals surface area contributed by atoms with Crippen LogP contribution in [0.2, 0.25) is 10.0 Å². The van der Waals surface area contributed by atoms with Crippen LogP contribution >= 0.6 is 35.0 Å². The van der Waals surface area contributed by atoms with E-state index in [0.29, 0.717) is 28.2 Å². The smallest absolute Gasteiger partial charge is 0.230 e. The second-order valence-electron chi connectivity index (χ2n) is 5.43. The molecule has 0 saturated carbocycles. The molecule has 7 heteroatoms. The van der Waals surface area contributed by atoms with Gasteiger partial charge in [-0.15, -0.1) is 0 Å². The molecule has 1 heterocycles. The number of thioether (sulfide) groups is 1. The van der Waals surface area contributed by atoms with Gasteiger partial charge in [0, 0.05) is 28.0 Å². The van der Waals surface area contributed by atoms with Gasteiger partial charge in [-0.2, -0.15) is 0 Å². The maximum Gasteiger partial charge on any atom is 0.230 e. The molecule has 0 aliphatic rings. The zero-order valence-electron chi connectivity index (χ0n) is 13.8. The van der Waals surface area contributed by atoms with E-state index in [2.05, 4.69) is 15.3 Å². The lowest BCUT2D eigenvalue weighted by Crippen LogP contribution is -2.27. The lowest BCUT2D eigenvalue weighted by Gasteiger charge is -2.08. The van der Waals surface area contributed by atoms with Gasteiger partial charge in [-0.25, -0.2) is 9.97 Å². The van der Waals surface area contributed by atoms with Gasteiger partial charge in [0.1, 0.15) is 0 Å². The first-order valence-corrected chi connectivity index (χ1v) is 9.26. The molecular formula is C17H19Cl2N3OS. The predicted octanol–water partition coefficient (Wildman–Crippen LogP) is 4.16. The number of nitrogens with zero attached hydrogens (tertiary/aromatic N) is 2. The molecule has 1 aromatic heterocycles. The third kappa shape index (κ3) is 5.36. The zero-order chi connectivity index (χ0) is 17.7. The monoisotopic (exact) mass is 383 g/mol. The van der Waals surface area contributed by atoms with Crippen LogP contribution in [0.5, 0.6) is 0 Å². The molecule has 1 amide bonds. The summed E-state index contributed by atoms with van der Waals surface area (Å²) in [5.41, 5.74) is 3.94. The van der Waals surface area contributed by atoms with Gasteiger partial charge in [0.2, 0.25) is 5.91 Å². The predicted molar refractivity (Wildman–Crippen MR) is 100 cm³/mol. The van der Waals surface area contributed by atoms with E-state index in [4.69, 9.17) is 23.2 Å². The van der Waals surface area contributed by atoms with Crippen LogP contribution in [-0.4, -0.2) is 28.2 Å². The largest absolute Gasteiger partial charge is 0.355 e. The fourth-order valence-corrected chi connectivity index (χ4v) is 3.32. The Kier molecular flexibility index (Phi) is 6.90. The molecular weight excluding hydrogens is 365 g/mol. The molecule has 4 nitrogen and oxygen atoms in total. The van der Waals surface area contributed by atoms with Crippen molar-refractivity contribution in [2.24, 2.45) is 0 Å². The van der Waals surface area contributed by atoms with Crippen molar-refractivity contribution < 1.29 is 4.79 Å².